The Bertz CT molecular complexity index is 1140. The molecular weight excluding hydrogens is 364 g/mol. The first-order valence-electron chi connectivity index (χ1n) is 8.66. The van der Waals surface area contributed by atoms with Crippen LogP contribution in [0.5, 0.6) is 5.75 Å². The van der Waals surface area contributed by atoms with Gasteiger partial charge in [-0.2, -0.15) is 5.10 Å². The van der Waals surface area contributed by atoms with Crippen LogP contribution in [-0.4, -0.2) is 32.1 Å². The molecule has 1 aliphatic heterocycles. The number of ether oxygens (including phenoxy) is 1. The lowest BCUT2D eigenvalue weighted by Gasteiger charge is -2.17. The van der Waals surface area contributed by atoms with E-state index >= 15 is 0 Å². The van der Waals surface area contributed by atoms with E-state index in [4.69, 9.17) is 4.74 Å². The van der Waals surface area contributed by atoms with Gasteiger partial charge in [0.25, 0.3) is 5.56 Å². The monoisotopic (exact) mass is 382 g/mol. The third kappa shape index (κ3) is 3.75. The molecule has 0 fully saturated rings. The predicted octanol–water partition coefficient (Wildman–Crippen LogP) is 0.792. The molecule has 138 valence electrons. The molecule has 1 aliphatic rings. The molecule has 7 nitrogen and oxygen atoms in total. The predicted molar refractivity (Wildman–Crippen MR) is 102 cm³/mol. The molecule has 2 aromatic heterocycles. The first kappa shape index (κ1) is 17.4. The van der Waals surface area contributed by atoms with Gasteiger partial charge in [0, 0.05) is 6.08 Å². The first-order valence-corrected chi connectivity index (χ1v) is 9.48. The number of nitrogens with one attached hydrogen (secondary N) is 1. The second-order valence-electron chi connectivity index (χ2n) is 6.35. The summed E-state index contributed by atoms with van der Waals surface area (Å²) in [7, 11) is 0. The maximum absolute atomic E-state index is 12.4. The molecule has 0 radical (unpaired) electrons. The summed E-state index contributed by atoms with van der Waals surface area (Å²) < 4.78 is 8.17. The number of aromatic amines is 1. The minimum absolute atomic E-state index is 0.157. The number of H-pyrrole nitrogens is 1. The Morgan fingerprint density at radius 3 is 3.15 bits per heavy atom. The number of rotatable bonds is 4. The van der Waals surface area contributed by atoms with Crippen molar-refractivity contribution in [1.82, 2.24) is 19.7 Å². The van der Waals surface area contributed by atoms with E-state index in [1.165, 1.54) is 34.7 Å². The van der Waals surface area contributed by atoms with Crippen LogP contribution >= 0.6 is 11.3 Å². The highest BCUT2D eigenvalue weighted by atomic mass is 32.1. The summed E-state index contributed by atoms with van der Waals surface area (Å²) in [5.41, 5.74) is 1.90. The molecule has 27 heavy (non-hydrogen) atoms. The van der Waals surface area contributed by atoms with Gasteiger partial charge in [-0.05, 0) is 49.1 Å². The summed E-state index contributed by atoms with van der Waals surface area (Å²) >= 11 is 1.26. The van der Waals surface area contributed by atoms with Crippen molar-refractivity contribution in [2.45, 2.75) is 25.8 Å². The normalized spacial score (nSPS) is 16.0. The average Bonchev–Trinajstić information content (AvgIpc) is 3.31. The standard InChI is InChI=1S/C19H18N4O3S/c1-12(23-11-20-10-21-23)15(24)9-18-22-19(25)17(27-18)8-13-4-5-16-14(7-13)3-2-6-26-16/h4-5,7-12H,2-3,6H2,1H3,(H,22,25)/b17-8-,18-9+. The molecule has 1 N–H and O–H groups in total. The lowest BCUT2D eigenvalue weighted by Crippen LogP contribution is -2.21. The molecule has 8 heteroatoms. The minimum atomic E-state index is -0.480. The number of thiazole rings is 1. The number of aryl methyl sites for hydroxylation is 1. The molecular formula is C19H18N4O3S. The number of carbonyl (C=O) groups excluding carboxylic acids is 1. The van der Waals surface area contributed by atoms with Gasteiger partial charge >= 0.3 is 0 Å². The molecule has 3 aromatic rings. The number of ketones is 1. The quantitative estimate of drug-likeness (QED) is 0.721. The molecule has 0 bridgehead atoms. The third-order valence-electron chi connectivity index (χ3n) is 4.43. The van der Waals surface area contributed by atoms with Gasteiger partial charge in [-0.15, -0.1) is 11.3 Å². The Labute approximate surface area is 158 Å². The summed E-state index contributed by atoms with van der Waals surface area (Å²) in [5, 5.41) is 3.97. The summed E-state index contributed by atoms with van der Waals surface area (Å²) in [6.45, 7) is 2.49. The fourth-order valence-corrected chi connectivity index (χ4v) is 3.84. The van der Waals surface area contributed by atoms with Crippen LogP contribution in [0, 0.1) is 0 Å². The van der Waals surface area contributed by atoms with E-state index in [0.717, 1.165) is 36.3 Å². The minimum Gasteiger partial charge on any atom is -0.493 e. The lowest BCUT2D eigenvalue weighted by atomic mass is 10.0. The van der Waals surface area contributed by atoms with Gasteiger partial charge in [-0.1, -0.05) is 6.07 Å². The van der Waals surface area contributed by atoms with Crippen molar-refractivity contribution in [3.05, 3.63) is 61.5 Å². The summed E-state index contributed by atoms with van der Waals surface area (Å²) in [6.07, 6.45) is 8.13. The topological polar surface area (TPSA) is 89.9 Å². The van der Waals surface area contributed by atoms with Gasteiger partial charge in [0.05, 0.1) is 15.8 Å². The molecule has 0 spiro atoms. The van der Waals surface area contributed by atoms with Crippen molar-refractivity contribution >= 4 is 29.3 Å². The largest absolute Gasteiger partial charge is 0.493 e. The van der Waals surface area contributed by atoms with E-state index in [1.807, 2.05) is 18.2 Å². The molecule has 0 saturated heterocycles. The van der Waals surface area contributed by atoms with E-state index in [0.29, 0.717) is 9.20 Å². The van der Waals surface area contributed by atoms with E-state index in [-0.39, 0.29) is 11.3 Å². The number of hydrogen-bond acceptors (Lipinski definition) is 6. The van der Waals surface area contributed by atoms with Crippen molar-refractivity contribution in [3.8, 4) is 5.75 Å². The van der Waals surface area contributed by atoms with Crippen molar-refractivity contribution in [2.24, 2.45) is 0 Å². The smallest absolute Gasteiger partial charge is 0.266 e. The second-order valence-corrected chi connectivity index (χ2v) is 7.43. The summed E-state index contributed by atoms with van der Waals surface area (Å²) in [5.74, 6) is 0.760. The number of hydrogen-bond donors (Lipinski definition) is 1. The maximum Gasteiger partial charge on any atom is 0.266 e. The van der Waals surface area contributed by atoms with Crippen molar-refractivity contribution in [1.29, 1.82) is 0 Å². The molecule has 4 rings (SSSR count). The Morgan fingerprint density at radius 1 is 1.44 bits per heavy atom. The van der Waals surface area contributed by atoms with Crippen LogP contribution in [0.2, 0.25) is 0 Å². The Kier molecular flexibility index (Phi) is 4.72. The zero-order chi connectivity index (χ0) is 18.8. The number of nitrogens with zero attached hydrogens (tertiary/aromatic N) is 3. The Balaban J connectivity index is 1.64. The van der Waals surface area contributed by atoms with Crippen molar-refractivity contribution < 1.29 is 9.53 Å². The fraction of sp³-hybridized carbons (Fsp3) is 0.263. The number of aromatic nitrogens is 4. The van der Waals surface area contributed by atoms with Crippen LogP contribution in [0.4, 0.5) is 0 Å². The molecule has 1 atom stereocenters. The second kappa shape index (κ2) is 7.32. The van der Waals surface area contributed by atoms with Crippen LogP contribution in [0.3, 0.4) is 0 Å². The average molecular weight is 382 g/mol. The highest BCUT2D eigenvalue weighted by Crippen LogP contribution is 2.25. The molecule has 0 aliphatic carbocycles. The third-order valence-corrected chi connectivity index (χ3v) is 5.39. The molecule has 0 saturated carbocycles. The van der Waals surface area contributed by atoms with E-state index in [1.54, 1.807) is 6.92 Å². The van der Waals surface area contributed by atoms with E-state index in [9.17, 15) is 9.59 Å². The van der Waals surface area contributed by atoms with Crippen LogP contribution in [0.25, 0.3) is 12.2 Å². The Hall–Kier alpha value is -3.00. The molecule has 1 unspecified atom stereocenters. The molecule has 1 aromatic carbocycles. The SMILES string of the molecule is CC(C(=O)/C=c1\[nH]c(=O)/c(=C/c2ccc3c(c2)CCCO3)s1)n1cncn1. The van der Waals surface area contributed by atoms with Gasteiger partial charge in [-0.3, -0.25) is 9.59 Å². The lowest BCUT2D eigenvalue weighted by molar-refractivity contribution is -0.116. The fourth-order valence-electron chi connectivity index (χ4n) is 2.94. The van der Waals surface area contributed by atoms with Gasteiger partial charge in [0.1, 0.15) is 24.4 Å². The van der Waals surface area contributed by atoms with Crippen LogP contribution in [-0.2, 0) is 11.2 Å². The van der Waals surface area contributed by atoms with Crippen molar-refractivity contribution in [2.75, 3.05) is 6.61 Å². The van der Waals surface area contributed by atoms with Gasteiger partial charge < -0.3 is 9.72 Å². The van der Waals surface area contributed by atoms with Gasteiger partial charge in [-0.25, -0.2) is 9.67 Å². The van der Waals surface area contributed by atoms with Crippen LogP contribution in [0.1, 0.15) is 30.5 Å². The van der Waals surface area contributed by atoms with Crippen LogP contribution < -0.4 is 19.5 Å². The van der Waals surface area contributed by atoms with Crippen LogP contribution in [0.15, 0.2) is 35.6 Å². The first-order chi connectivity index (χ1) is 13.1. The molecule has 3 heterocycles. The Morgan fingerprint density at radius 2 is 2.33 bits per heavy atom. The zero-order valence-corrected chi connectivity index (χ0v) is 15.5. The number of carbonyl (C=O) groups is 1. The summed E-state index contributed by atoms with van der Waals surface area (Å²) in [4.78, 5) is 31.2. The number of fused-ring (bicyclic) bond motifs is 1. The van der Waals surface area contributed by atoms with E-state index < -0.39 is 6.04 Å². The number of benzene rings is 1. The van der Waals surface area contributed by atoms with Gasteiger partial charge in [0.15, 0.2) is 5.78 Å². The van der Waals surface area contributed by atoms with Crippen molar-refractivity contribution in [3.63, 3.8) is 0 Å². The zero-order valence-electron chi connectivity index (χ0n) is 14.7. The number of Topliss-reactive ketones (excluding diaryl/α,β-unsaturated/α-hetero) is 1. The van der Waals surface area contributed by atoms with Gasteiger partial charge in [0.2, 0.25) is 0 Å². The summed E-state index contributed by atoms with van der Waals surface area (Å²) in [6, 6.07) is 5.45. The highest BCUT2D eigenvalue weighted by Gasteiger charge is 2.13. The highest BCUT2D eigenvalue weighted by molar-refractivity contribution is 7.07. The maximum atomic E-state index is 12.4. The molecule has 0 amide bonds. The van der Waals surface area contributed by atoms with E-state index in [2.05, 4.69) is 21.1 Å².